The predicted octanol–water partition coefficient (Wildman–Crippen LogP) is 7.66. The van der Waals surface area contributed by atoms with Crippen molar-refractivity contribution in [3.05, 3.63) is 203 Å². The summed E-state index contributed by atoms with van der Waals surface area (Å²) in [4.78, 5) is 44.1. The molecule has 0 aliphatic carbocycles. The number of H-pyrrole nitrogens is 1. The Morgan fingerprint density at radius 3 is 1.65 bits per heavy atom. The van der Waals surface area contributed by atoms with Crippen LogP contribution < -0.4 is 0 Å². The number of hydrogen-bond donors (Lipinski definition) is 2. The van der Waals surface area contributed by atoms with Gasteiger partial charge in [-0.25, -0.2) is 14.8 Å². The first-order chi connectivity index (χ1) is 25.1. The fourth-order valence-electron chi connectivity index (χ4n) is 6.86. The fourth-order valence-corrected chi connectivity index (χ4v) is 6.86. The fraction of sp³-hybridized carbons (Fsp3) is 0.0238. The maximum absolute atomic E-state index is 11.7. The van der Waals surface area contributed by atoms with Gasteiger partial charge in [0, 0.05) is 65.3 Å². The van der Waals surface area contributed by atoms with Crippen molar-refractivity contribution in [3.63, 3.8) is 0 Å². The number of nitrogens with one attached hydrogen (secondary N) is 1. The van der Waals surface area contributed by atoms with Gasteiger partial charge in [-0.3, -0.25) is 19.9 Å². The van der Waals surface area contributed by atoms with Gasteiger partial charge in [0.25, 0.3) is 0 Å². The summed E-state index contributed by atoms with van der Waals surface area (Å²) in [6.45, 7) is 0. The van der Waals surface area contributed by atoms with Crippen LogP contribution in [0.2, 0.25) is 0 Å². The largest absolute Gasteiger partial charge is 0.478 e. The van der Waals surface area contributed by atoms with Crippen LogP contribution in [0.4, 0.5) is 0 Å². The predicted molar refractivity (Wildman–Crippen MR) is 198 cm³/mol. The van der Waals surface area contributed by atoms with E-state index in [1.54, 1.807) is 49.3 Å². The summed E-state index contributed by atoms with van der Waals surface area (Å²) in [6.07, 6.45) is 22.8. The standard InChI is InChI=1S/C42H27N7O2/c50-42(51)29-3-1-25(2-4-29)38-30-5-7-32(46-30)39(26-13-19-43-20-14-26)34-9-11-36(48-34)41(28-17-23-45-24-18-28)37-12-10-35(49-37)40(27-15-21-44-22-16-27)33-8-6-31(38)47-33/h1-24,41,48H,(H,50,51)/b38-31-,39-32-,40-35-. The van der Waals surface area contributed by atoms with Crippen LogP contribution in [-0.4, -0.2) is 48.1 Å². The molecule has 9 nitrogen and oxygen atoms in total. The Bertz CT molecular complexity index is 2510. The Morgan fingerprint density at radius 1 is 0.529 bits per heavy atom. The van der Waals surface area contributed by atoms with Crippen molar-refractivity contribution in [2.75, 3.05) is 0 Å². The number of allylic oxidation sites excluding steroid dienone is 8. The average Bonchev–Trinajstić information content (AvgIpc) is 4.01. The molecule has 4 aliphatic heterocycles. The van der Waals surface area contributed by atoms with Crippen LogP contribution in [-0.2, 0) is 0 Å². The molecule has 9 heteroatoms. The highest BCUT2D eigenvalue weighted by Crippen LogP contribution is 2.38. The molecule has 1 unspecified atom stereocenters. The number of fused-ring (bicyclic) bond motifs is 5. The van der Waals surface area contributed by atoms with Crippen LogP contribution in [0.1, 0.15) is 49.9 Å². The molecule has 0 spiro atoms. The van der Waals surface area contributed by atoms with Crippen molar-refractivity contribution in [1.82, 2.24) is 19.9 Å². The van der Waals surface area contributed by atoms with E-state index >= 15 is 0 Å². The van der Waals surface area contributed by atoms with E-state index in [4.69, 9.17) is 15.0 Å². The number of pyridine rings is 3. The van der Waals surface area contributed by atoms with Gasteiger partial charge in [0.1, 0.15) is 0 Å². The van der Waals surface area contributed by atoms with Crippen LogP contribution >= 0.6 is 0 Å². The van der Waals surface area contributed by atoms with Crippen molar-refractivity contribution in [2.45, 2.75) is 5.92 Å². The average molecular weight is 662 g/mol. The van der Waals surface area contributed by atoms with Gasteiger partial charge in [-0.05, 0) is 119 Å². The molecule has 4 aromatic heterocycles. The number of aromatic carboxylic acids is 1. The molecule has 5 aromatic rings. The van der Waals surface area contributed by atoms with Gasteiger partial charge in [0.05, 0.1) is 45.7 Å². The highest BCUT2D eigenvalue weighted by Gasteiger charge is 2.28. The van der Waals surface area contributed by atoms with Crippen LogP contribution in [0.3, 0.4) is 0 Å². The first-order valence-corrected chi connectivity index (χ1v) is 16.4. The summed E-state index contributed by atoms with van der Waals surface area (Å²) in [5, 5.41) is 9.62. The Labute approximate surface area is 292 Å². The van der Waals surface area contributed by atoms with Crippen LogP contribution in [0.5, 0.6) is 0 Å². The number of aromatic nitrogens is 4. The molecule has 51 heavy (non-hydrogen) atoms. The third kappa shape index (κ3) is 5.43. The van der Waals surface area contributed by atoms with Crippen molar-refractivity contribution in [2.24, 2.45) is 15.0 Å². The third-order valence-corrected chi connectivity index (χ3v) is 9.20. The second-order valence-corrected chi connectivity index (χ2v) is 12.2. The van der Waals surface area contributed by atoms with Crippen molar-refractivity contribution >= 4 is 39.8 Å². The molecule has 9 rings (SSSR count). The minimum absolute atomic E-state index is 0.201. The molecule has 0 saturated heterocycles. The SMILES string of the molecule is O=C(O)c1ccc(/C2=C3\C=CC(=N3)/C(c3ccncc3)=C3/C=CC(=N3)C(c3ccncc3)c3ccc([nH]3)/C(c3ccncc3)=C3/C=CC2=N3)cc1. The summed E-state index contributed by atoms with van der Waals surface area (Å²) < 4.78 is 0. The number of hydrogen-bond acceptors (Lipinski definition) is 7. The van der Waals surface area contributed by atoms with Crippen LogP contribution in [0.15, 0.2) is 179 Å². The summed E-state index contributed by atoms with van der Waals surface area (Å²) >= 11 is 0. The topological polar surface area (TPSA) is 129 Å². The summed E-state index contributed by atoms with van der Waals surface area (Å²) in [5.41, 5.74) is 12.9. The lowest BCUT2D eigenvalue weighted by molar-refractivity contribution is 0.0697. The molecule has 1 atom stereocenters. The molecule has 0 amide bonds. The number of nitrogens with zero attached hydrogens (tertiary/aromatic N) is 6. The lowest BCUT2D eigenvalue weighted by atomic mass is 9.92. The van der Waals surface area contributed by atoms with Gasteiger partial charge in [-0.1, -0.05) is 12.1 Å². The smallest absolute Gasteiger partial charge is 0.335 e. The normalized spacial score (nSPS) is 21.9. The molecule has 8 heterocycles. The van der Waals surface area contributed by atoms with Gasteiger partial charge in [0.2, 0.25) is 0 Å². The van der Waals surface area contributed by atoms with Gasteiger partial charge < -0.3 is 10.1 Å². The second kappa shape index (κ2) is 12.4. The zero-order valence-corrected chi connectivity index (χ0v) is 27.0. The van der Waals surface area contributed by atoms with E-state index in [9.17, 15) is 9.90 Å². The summed E-state index contributed by atoms with van der Waals surface area (Å²) in [5.74, 6) is -1.20. The maximum Gasteiger partial charge on any atom is 0.335 e. The molecular weight excluding hydrogens is 635 g/mol. The van der Waals surface area contributed by atoms with Gasteiger partial charge in [-0.15, -0.1) is 0 Å². The monoisotopic (exact) mass is 661 g/mol. The second-order valence-electron chi connectivity index (χ2n) is 12.2. The Balaban J connectivity index is 1.35. The number of rotatable bonds is 5. The van der Waals surface area contributed by atoms with E-state index in [1.807, 2.05) is 78.9 Å². The van der Waals surface area contributed by atoms with E-state index in [-0.39, 0.29) is 11.5 Å². The van der Waals surface area contributed by atoms with E-state index in [2.05, 4.69) is 38.1 Å². The minimum Gasteiger partial charge on any atom is -0.478 e. The Kier molecular flexibility index (Phi) is 7.28. The third-order valence-electron chi connectivity index (χ3n) is 9.20. The van der Waals surface area contributed by atoms with Crippen molar-refractivity contribution in [3.8, 4) is 0 Å². The zero-order chi connectivity index (χ0) is 34.3. The molecule has 242 valence electrons. The van der Waals surface area contributed by atoms with Crippen molar-refractivity contribution in [1.29, 1.82) is 0 Å². The Morgan fingerprint density at radius 2 is 1.04 bits per heavy atom. The van der Waals surface area contributed by atoms with Gasteiger partial charge in [0.15, 0.2) is 0 Å². The highest BCUT2D eigenvalue weighted by atomic mass is 16.4. The summed E-state index contributed by atoms with van der Waals surface area (Å²) in [6, 6.07) is 23.0. The molecule has 8 bridgehead atoms. The number of aromatic amines is 1. The van der Waals surface area contributed by atoms with E-state index in [0.717, 1.165) is 73.2 Å². The molecule has 0 radical (unpaired) electrons. The van der Waals surface area contributed by atoms with E-state index in [0.29, 0.717) is 11.4 Å². The quantitative estimate of drug-likeness (QED) is 0.200. The molecule has 0 fully saturated rings. The zero-order valence-electron chi connectivity index (χ0n) is 27.0. The highest BCUT2D eigenvalue weighted by molar-refractivity contribution is 6.36. The number of aliphatic imine (C=N–C) groups is 3. The van der Waals surface area contributed by atoms with Gasteiger partial charge >= 0.3 is 5.97 Å². The first kappa shape index (κ1) is 30.0. The van der Waals surface area contributed by atoms with Crippen LogP contribution in [0, 0.1) is 0 Å². The number of carboxylic acids is 1. The lowest BCUT2D eigenvalue weighted by Gasteiger charge is -2.16. The first-order valence-electron chi connectivity index (χ1n) is 16.4. The van der Waals surface area contributed by atoms with Crippen molar-refractivity contribution < 1.29 is 9.90 Å². The lowest BCUT2D eigenvalue weighted by Crippen LogP contribution is -2.12. The minimum atomic E-state index is -0.988. The number of carbonyl (C=O) groups is 1. The molecule has 1 aromatic carbocycles. The van der Waals surface area contributed by atoms with E-state index in [1.165, 1.54) is 0 Å². The van der Waals surface area contributed by atoms with Gasteiger partial charge in [-0.2, -0.15) is 0 Å². The molecule has 4 aliphatic rings. The molecule has 0 saturated carbocycles. The summed E-state index contributed by atoms with van der Waals surface area (Å²) in [7, 11) is 0. The van der Waals surface area contributed by atoms with E-state index < -0.39 is 5.97 Å². The maximum atomic E-state index is 11.7. The number of benzene rings is 1. The Hall–Kier alpha value is -7.13. The molecule has 2 N–H and O–H groups in total. The number of carboxylic acid groups (broad SMARTS) is 1. The van der Waals surface area contributed by atoms with Crippen LogP contribution in [0.25, 0.3) is 16.7 Å². The molecular formula is C42H27N7O2.